The van der Waals surface area contributed by atoms with Crippen molar-refractivity contribution in [3.05, 3.63) is 82.7 Å². The lowest BCUT2D eigenvalue weighted by Crippen LogP contribution is -2.15. The first-order valence-corrected chi connectivity index (χ1v) is 9.67. The highest BCUT2D eigenvalue weighted by Gasteiger charge is 2.11. The fourth-order valence-electron chi connectivity index (χ4n) is 3.37. The summed E-state index contributed by atoms with van der Waals surface area (Å²) in [6.45, 7) is 6.81. The molecule has 29 heavy (non-hydrogen) atoms. The van der Waals surface area contributed by atoms with Gasteiger partial charge in [-0.15, -0.1) is 0 Å². The first-order valence-electron chi connectivity index (χ1n) is 9.67. The number of ether oxygens (including phenoxy) is 1. The van der Waals surface area contributed by atoms with Gasteiger partial charge >= 0.3 is 0 Å². The molecule has 1 heterocycles. The third kappa shape index (κ3) is 5.35. The van der Waals surface area contributed by atoms with Crippen molar-refractivity contribution in [3.8, 4) is 5.75 Å². The van der Waals surface area contributed by atoms with E-state index in [0.29, 0.717) is 5.56 Å². The number of pyridine rings is 1. The molecule has 1 aromatic heterocycles. The summed E-state index contributed by atoms with van der Waals surface area (Å²) in [4.78, 5) is 16.9. The molecule has 0 spiro atoms. The number of nitrogens with one attached hydrogen (secondary N) is 2. The van der Waals surface area contributed by atoms with E-state index in [1.807, 2.05) is 32.0 Å². The number of nitrogens with zero attached hydrogens (tertiary/aromatic N) is 1. The normalized spacial score (nSPS) is 10.5. The largest absolute Gasteiger partial charge is 0.497 e. The molecule has 5 heteroatoms. The van der Waals surface area contributed by atoms with E-state index in [2.05, 4.69) is 46.8 Å². The Morgan fingerprint density at radius 3 is 2.34 bits per heavy atom. The van der Waals surface area contributed by atoms with Crippen molar-refractivity contribution in [2.75, 3.05) is 24.3 Å². The first-order chi connectivity index (χ1) is 14.0. The topological polar surface area (TPSA) is 63.2 Å². The maximum absolute atomic E-state index is 12.7. The monoisotopic (exact) mass is 389 g/mol. The second-order valence-corrected chi connectivity index (χ2v) is 7.21. The zero-order valence-corrected chi connectivity index (χ0v) is 17.4. The molecule has 150 valence electrons. The molecule has 0 aliphatic carbocycles. The summed E-state index contributed by atoms with van der Waals surface area (Å²) in [5.74, 6) is 0.690. The number of hydrogen-bond donors (Lipinski definition) is 2. The molecule has 0 aliphatic heterocycles. The zero-order chi connectivity index (χ0) is 20.8. The maximum Gasteiger partial charge on any atom is 0.257 e. The minimum absolute atomic E-state index is 0.161. The number of benzene rings is 2. The van der Waals surface area contributed by atoms with E-state index in [1.54, 1.807) is 19.5 Å². The average molecular weight is 389 g/mol. The van der Waals surface area contributed by atoms with Gasteiger partial charge in [-0.25, -0.2) is 0 Å². The van der Waals surface area contributed by atoms with Gasteiger partial charge in [0.05, 0.1) is 18.4 Å². The number of anilines is 2. The predicted molar refractivity (Wildman–Crippen MR) is 118 cm³/mol. The fourth-order valence-corrected chi connectivity index (χ4v) is 3.37. The number of aryl methyl sites for hydroxylation is 3. The van der Waals surface area contributed by atoms with Crippen LogP contribution in [-0.4, -0.2) is 24.5 Å². The van der Waals surface area contributed by atoms with Gasteiger partial charge in [-0.3, -0.25) is 9.78 Å². The average Bonchev–Trinajstić information content (AvgIpc) is 2.71. The molecule has 2 N–H and O–H groups in total. The molecule has 0 aliphatic rings. The third-order valence-electron chi connectivity index (χ3n) is 4.82. The number of aromatic nitrogens is 1. The smallest absolute Gasteiger partial charge is 0.257 e. The molecule has 0 saturated carbocycles. The standard InChI is InChI=1S/C24H27N3O2/c1-16-11-17(2)23(18(3)12-16)27-24(28)20-13-21(15-25-14-20)26-10-9-19-5-7-22(29-4)8-6-19/h5-8,11-15,26H,9-10H2,1-4H3,(H,27,28). The van der Waals surface area contributed by atoms with Crippen molar-refractivity contribution in [2.24, 2.45) is 0 Å². The van der Waals surface area contributed by atoms with Gasteiger partial charge in [0, 0.05) is 24.6 Å². The number of rotatable bonds is 7. The molecule has 0 saturated heterocycles. The summed E-state index contributed by atoms with van der Waals surface area (Å²) >= 11 is 0. The van der Waals surface area contributed by atoms with Gasteiger partial charge in [0.2, 0.25) is 0 Å². The number of methoxy groups -OCH3 is 1. The Bertz CT molecular complexity index is 974. The summed E-state index contributed by atoms with van der Waals surface area (Å²) in [5.41, 5.74) is 6.71. The number of amides is 1. The first kappa shape index (κ1) is 20.4. The molecule has 3 aromatic rings. The Labute approximate surface area is 172 Å². The minimum atomic E-state index is -0.161. The van der Waals surface area contributed by atoms with E-state index in [-0.39, 0.29) is 5.91 Å². The Kier molecular flexibility index (Phi) is 6.50. The molecule has 1 amide bonds. The summed E-state index contributed by atoms with van der Waals surface area (Å²) in [7, 11) is 1.66. The summed E-state index contributed by atoms with van der Waals surface area (Å²) < 4.78 is 5.18. The van der Waals surface area contributed by atoms with Crippen LogP contribution in [-0.2, 0) is 6.42 Å². The molecule has 0 fully saturated rings. The van der Waals surface area contributed by atoms with Crippen molar-refractivity contribution in [1.29, 1.82) is 0 Å². The highest BCUT2D eigenvalue weighted by atomic mass is 16.5. The molecular formula is C24H27N3O2. The lowest BCUT2D eigenvalue weighted by Gasteiger charge is -2.13. The van der Waals surface area contributed by atoms with E-state index in [9.17, 15) is 4.79 Å². The lowest BCUT2D eigenvalue weighted by atomic mass is 10.0. The van der Waals surface area contributed by atoms with Crippen molar-refractivity contribution < 1.29 is 9.53 Å². The van der Waals surface area contributed by atoms with Crippen LogP contribution in [0.15, 0.2) is 54.9 Å². The van der Waals surface area contributed by atoms with Gasteiger partial charge in [-0.05, 0) is 62.1 Å². The van der Waals surface area contributed by atoms with E-state index in [4.69, 9.17) is 4.74 Å². The van der Waals surface area contributed by atoms with Crippen molar-refractivity contribution >= 4 is 17.3 Å². The quantitative estimate of drug-likeness (QED) is 0.602. The van der Waals surface area contributed by atoms with Gasteiger partial charge < -0.3 is 15.4 Å². The van der Waals surface area contributed by atoms with E-state index < -0.39 is 0 Å². The van der Waals surface area contributed by atoms with Gasteiger partial charge in [0.25, 0.3) is 5.91 Å². The number of carbonyl (C=O) groups excluding carboxylic acids is 1. The minimum Gasteiger partial charge on any atom is -0.497 e. The molecule has 0 radical (unpaired) electrons. The van der Waals surface area contributed by atoms with Crippen LogP contribution >= 0.6 is 0 Å². The fraction of sp³-hybridized carbons (Fsp3) is 0.250. The van der Waals surface area contributed by atoms with Crippen LogP contribution in [0.1, 0.15) is 32.6 Å². The molecule has 0 atom stereocenters. The number of hydrogen-bond acceptors (Lipinski definition) is 4. The Morgan fingerprint density at radius 2 is 1.69 bits per heavy atom. The van der Waals surface area contributed by atoms with Crippen molar-refractivity contribution in [1.82, 2.24) is 4.98 Å². The van der Waals surface area contributed by atoms with Crippen LogP contribution in [0.2, 0.25) is 0 Å². The van der Waals surface area contributed by atoms with Crippen LogP contribution in [0.5, 0.6) is 5.75 Å². The van der Waals surface area contributed by atoms with Crippen molar-refractivity contribution in [2.45, 2.75) is 27.2 Å². The van der Waals surface area contributed by atoms with Crippen LogP contribution in [0, 0.1) is 20.8 Å². The summed E-state index contributed by atoms with van der Waals surface area (Å²) in [6.07, 6.45) is 4.18. The van der Waals surface area contributed by atoms with Crippen molar-refractivity contribution in [3.63, 3.8) is 0 Å². The maximum atomic E-state index is 12.7. The highest BCUT2D eigenvalue weighted by Crippen LogP contribution is 2.23. The van der Waals surface area contributed by atoms with Gasteiger partial charge in [0.1, 0.15) is 5.75 Å². The van der Waals surface area contributed by atoms with Crippen LogP contribution in [0.4, 0.5) is 11.4 Å². The predicted octanol–water partition coefficient (Wildman–Crippen LogP) is 4.92. The molecule has 5 nitrogen and oxygen atoms in total. The summed E-state index contributed by atoms with van der Waals surface area (Å²) in [6, 6.07) is 14.0. The highest BCUT2D eigenvalue weighted by molar-refractivity contribution is 6.05. The zero-order valence-electron chi connectivity index (χ0n) is 17.4. The number of carbonyl (C=O) groups is 1. The lowest BCUT2D eigenvalue weighted by molar-refractivity contribution is 0.102. The second kappa shape index (κ2) is 9.24. The Morgan fingerprint density at radius 1 is 1.00 bits per heavy atom. The van der Waals surface area contributed by atoms with E-state index >= 15 is 0 Å². The second-order valence-electron chi connectivity index (χ2n) is 7.21. The van der Waals surface area contributed by atoms with Crippen LogP contribution < -0.4 is 15.4 Å². The van der Waals surface area contributed by atoms with Crippen LogP contribution in [0.3, 0.4) is 0 Å². The molecular weight excluding hydrogens is 362 g/mol. The van der Waals surface area contributed by atoms with E-state index in [0.717, 1.165) is 41.2 Å². The van der Waals surface area contributed by atoms with E-state index in [1.165, 1.54) is 11.1 Å². The SMILES string of the molecule is COc1ccc(CCNc2cncc(C(=O)Nc3c(C)cc(C)cc3C)c2)cc1. The van der Waals surface area contributed by atoms with Gasteiger partial charge in [-0.1, -0.05) is 29.8 Å². The van der Waals surface area contributed by atoms with Crippen LogP contribution in [0.25, 0.3) is 0 Å². The molecule has 0 bridgehead atoms. The van der Waals surface area contributed by atoms with Gasteiger partial charge in [0.15, 0.2) is 0 Å². The van der Waals surface area contributed by atoms with Gasteiger partial charge in [-0.2, -0.15) is 0 Å². The summed E-state index contributed by atoms with van der Waals surface area (Å²) in [5, 5.41) is 6.36. The molecule has 2 aromatic carbocycles. The molecule has 3 rings (SSSR count). The Balaban J connectivity index is 1.62. The Hall–Kier alpha value is -3.34. The molecule has 0 unspecified atom stereocenters. The third-order valence-corrected chi connectivity index (χ3v) is 4.82.